The highest BCUT2D eigenvalue weighted by Crippen LogP contribution is 2.17. The molecular formula is C21H22N2O6. The number of esters is 2. The second-order valence-corrected chi connectivity index (χ2v) is 6.08. The molecule has 29 heavy (non-hydrogen) atoms. The number of carbonyl (C=O) groups is 4. The third-order valence-electron chi connectivity index (χ3n) is 4.13. The topological polar surface area (TPSA) is 102 Å². The average molecular weight is 398 g/mol. The Morgan fingerprint density at radius 2 is 1.31 bits per heavy atom. The quantitative estimate of drug-likeness (QED) is 0.720. The van der Waals surface area contributed by atoms with E-state index < -0.39 is 11.9 Å². The minimum absolute atomic E-state index is 0.0666. The summed E-state index contributed by atoms with van der Waals surface area (Å²) in [6.07, 6.45) is 0.0666. The Labute approximate surface area is 168 Å². The van der Waals surface area contributed by atoms with E-state index in [-0.39, 0.29) is 24.8 Å². The summed E-state index contributed by atoms with van der Waals surface area (Å²) in [5, 5.41) is 2.71. The molecule has 0 radical (unpaired) electrons. The van der Waals surface area contributed by atoms with Crippen molar-refractivity contribution in [2.24, 2.45) is 0 Å². The number of rotatable bonds is 7. The summed E-state index contributed by atoms with van der Waals surface area (Å²) in [7, 11) is 2.58. The molecule has 0 aliphatic carbocycles. The normalized spacial score (nSPS) is 10.0. The van der Waals surface area contributed by atoms with Crippen molar-refractivity contribution in [3.05, 3.63) is 59.7 Å². The first-order valence-electron chi connectivity index (χ1n) is 8.80. The molecule has 0 aliphatic heterocycles. The third-order valence-corrected chi connectivity index (χ3v) is 4.13. The van der Waals surface area contributed by atoms with Gasteiger partial charge in [-0.2, -0.15) is 0 Å². The first-order valence-corrected chi connectivity index (χ1v) is 8.80. The Hall–Kier alpha value is -3.68. The highest BCUT2D eigenvalue weighted by molar-refractivity contribution is 5.96. The number of hydrogen-bond donors (Lipinski definition) is 1. The molecule has 0 bridgehead atoms. The zero-order chi connectivity index (χ0) is 21.4. The lowest BCUT2D eigenvalue weighted by Gasteiger charge is -2.21. The molecule has 2 rings (SSSR count). The molecule has 0 aromatic heterocycles. The number of amides is 2. The fourth-order valence-electron chi connectivity index (χ4n) is 2.61. The van der Waals surface area contributed by atoms with E-state index in [0.717, 1.165) is 0 Å². The molecule has 0 saturated heterocycles. The van der Waals surface area contributed by atoms with E-state index >= 15 is 0 Å². The molecule has 2 aromatic rings. The molecule has 0 atom stereocenters. The van der Waals surface area contributed by atoms with E-state index in [0.29, 0.717) is 22.5 Å². The van der Waals surface area contributed by atoms with Gasteiger partial charge in [0, 0.05) is 31.3 Å². The zero-order valence-electron chi connectivity index (χ0n) is 16.4. The van der Waals surface area contributed by atoms with Crippen LogP contribution in [0.5, 0.6) is 0 Å². The van der Waals surface area contributed by atoms with Gasteiger partial charge in [0.05, 0.1) is 25.3 Å². The largest absolute Gasteiger partial charge is 0.465 e. The van der Waals surface area contributed by atoms with Gasteiger partial charge in [0.15, 0.2) is 0 Å². The van der Waals surface area contributed by atoms with Gasteiger partial charge in [-0.15, -0.1) is 0 Å². The maximum absolute atomic E-state index is 12.2. The predicted molar refractivity (Wildman–Crippen MR) is 107 cm³/mol. The molecule has 0 saturated carbocycles. The van der Waals surface area contributed by atoms with Crippen LogP contribution in [0.3, 0.4) is 0 Å². The van der Waals surface area contributed by atoms with Gasteiger partial charge in [-0.3, -0.25) is 9.59 Å². The molecule has 1 N–H and O–H groups in total. The molecular weight excluding hydrogens is 376 g/mol. The molecule has 0 unspecified atom stereocenters. The van der Waals surface area contributed by atoms with Gasteiger partial charge < -0.3 is 19.7 Å². The minimum Gasteiger partial charge on any atom is -0.465 e. The second-order valence-electron chi connectivity index (χ2n) is 6.08. The van der Waals surface area contributed by atoms with Crippen LogP contribution < -0.4 is 10.2 Å². The van der Waals surface area contributed by atoms with Crippen molar-refractivity contribution in [3.8, 4) is 0 Å². The number of benzene rings is 2. The molecule has 2 amide bonds. The molecule has 0 spiro atoms. The molecule has 2 aromatic carbocycles. The van der Waals surface area contributed by atoms with Crippen LogP contribution in [0.4, 0.5) is 11.4 Å². The van der Waals surface area contributed by atoms with Gasteiger partial charge in [-0.1, -0.05) is 0 Å². The monoisotopic (exact) mass is 398 g/mol. The summed E-state index contributed by atoms with van der Waals surface area (Å²) in [6.45, 7) is 1.57. The summed E-state index contributed by atoms with van der Waals surface area (Å²) < 4.78 is 9.27. The lowest BCUT2D eigenvalue weighted by Crippen LogP contribution is -2.32. The van der Waals surface area contributed by atoms with Gasteiger partial charge in [0.2, 0.25) is 11.8 Å². The van der Waals surface area contributed by atoms with E-state index in [1.807, 2.05) is 0 Å². The number of carbonyl (C=O) groups excluding carboxylic acids is 4. The molecule has 0 aliphatic rings. The maximum atomic E-state index is 12.2. The van der Waals surface area contributed by atoms with Gasteiger partial charge in [-0.25, -0.2) is 9.59 Å². The van der Waals surface area contributed by atoms with Crippen molar-refractivity contribution < 1.29 is 28.7 Å². The fraction of sp³-hybridized carbons (Fsp3) is 0.238. The van der Waals surface area contributed by atoms with Crippen LogP contribution in [0.1, 0.15) is 34.1 Å². The van der Waals surface area contributed by atoms with Crippen molar-refractivity contribution in [1.82, 2.24) is 0 Å². The number of methoxy groups -OCH3 is 2. The Morgan fingerprint density at radius 3 is 1.76 bits per heavy atom. The highest BCUT2D eigenvalue weighted by atomic mass is 16.5. The first kappa shape index (κ1) is 21.6. The van der Waals surface area contributed by atoms with Crippen LogP contribution in [0.2, 0.25) is 0 Å². The molecule has 152 valence electrons. The van der Waals surface area contributed by atoms with E-state index in [2.05, 4.69) is 14.8 Å². The Bertz CT molecular complexity index is 890. The molecule has 0 heterocycles. The van der Waals surface area contributed by atoms with Crippen molar-refractivity contribution >= 4 is 35.1 Å². The summed E-state index contributed by atoms with van der Waals surface area (Å²) in [6, 6.07) is 12.6. The number of hydrogen-bond acceptors (Lipinski definition) is 6. The van der Waals surface area contributed by atoms with Crippen LogP contribution >= 0.6 is 0 Å². The molecule has 0 fully saturated rings. The van der Waals surface area contributed by atoms with Gasteiger partial charge in [-0.05, 0) is 48.5 Å². The third kappa shape index (κ3) is 5.90. The maximum Gasteiger partial charge on any atom is 0.337 e. The van der Waals surface area contributed by atoms with Crippen LogP contribution in [-0.4, -0.2) is 44.5 Å². The Balaban J connectivity index is 1.97. The van der Waals surface area contributed by atoms with Gasteiger partial charge in [0.25, 0.3) is 0 Å². The SMILES string of the molecule is COC(=O)c1ccc(NC(=O)CCN(C(C)=O)c2ccc(C(=O)OC)cc2)cc1. The van der Waals surface area contributed by atoms with Crippen molar-refractivity contribution in [2.45, 2.75) is 13.3 Å². The van der Waals surface area contributed by atoms with Crippen molar-refractivity contribution in [1.29, 1.82) is 0 Å². The summed E-state index contributed by atoms with van der Waals surface area (Å²) in [4.78, 5) is 48.6. The lowest BCUT2D eigenvalue weighted by molar-refractivity contribution is -0.117. The molecule has 8 heteroatoms. The Morgan fingerprint density at radius 1 is 0.828 bits per heavy atom. The van der Waals surface area contributed by atoms with Crippen LogP contribution in [0.15, 0.2) is 48.5 Å². The van der Waals surface area contributed by atoms with Gasteiger partial charge in [0.1, 0.15) is 0 Å². The van der Waals surface area contributed by atoms with E-state index in [1.165, 1.54) is 26.0 Å². The average Bonchev–Trinajstić information content (AvgIpc) is 2.73. The summed E-state index contributed by atoms with van der Waals surface area (Å²) in [5.41, 5.74) is 1.84. The summed E-state index contributed by atoms with van der Waals surface area (Å²) in [5.74, 6) is -1.44. The van der Waals surface area contributed by atoms with E-state index in [4.69, 9.17) is 0 Å². The summed E-state index contributed by atoms with van der Waals surface area (Å²) >= 11 is 0. The highest BCUT2D eigenvalue weighted by Gasteiger charge is 2.15. The number of nitrogens with zero attached hydrogens (tertiary/aromatic N) is 1. The van der Waals surface area contributed by atoms with Crippen molar-refractivity contribution in [2.75, 3.05) is 31.0 Å². The van der Waals surface area contributed by atoms with E-state index in [1.54, 1.807) is 48.5 Å². The standard InChI is InChI=1S/C21H22N2O6/c1-14(24)23(18-10-6-16(7-11-18)21(27)29-3)13-12-19(25)22-17-8-4-15(5-9-17)20(26)28-2/h4-11H,12-13H2,1-3H3,(H,22,25). The Kier molecular flexibility index (Phi) is 7.47. The minimum atomic E-state index is -0.469. The van der Waals surface area contributed by atoms with Gasteiger partial charge >= 0.3 is 11.9 Å². The van der Waals surface area contributed by atoms with E-state index in [9.17, 15) is 19.2 Å². The second kappa shape index (κ2) is 10.0. The van der Waals surface area contributed by atoms with Crippen LogP contribution in [-0.2, 0) is 19.1 Å². The number of ether oxygens (including phenoxy) is 2. The van der Waals surface area contributed by atoms with Crippen molar-refractivity contribution in [3.63, 3.8) is 0 Å². The fourth-order valence-corrected chi connectivity index (χ4v) is 2.61. The van der Waals surface area contributed by atoms with Crippen LogP contribution in [0.25, 0.3) is 0 Å². The van der Waals surface area contributed by atoms with Crippen LogP contribution in [0, 0.1) is 0 Å². The lowest BCUT2D eigenvalue weighted by atomic mass is 10.2. The molecule has 8 nitrogen and oxygen atoms in total. The smallest absolute Gasteiger partial charge is 0.337 e. The number of nitrogens with one attached hydrogen (secondary N) is 1. The zero-order valence-corrected chi connectivity index (χ0v) is 16.4. The first-order chi connectivity index (χ1) is 13.8. The predicted octanol–water partition coefficient (Wildman–Crippen LogP) is 2.64. The number of anilines is 2.